The van der Waals surface area contributed by atoms with Crippen molar-refractivity contribution in [1.82, 2.24) is 0 Å². The zero-order valence-electron chi connectivity index (χ0n) is 16.4. The number of fused-ring (bicyclic) bond motifs is 1. The van der Waals surface area contributed by atoms with Crippen molar-refractivity contribution >= 4 is 22.9 Å². The summed E-state index contributed by atoms with van der Waals surface area (Å²) in [6.07, 6.45) is 5.43. The molecule has 28 heavy (non-hydrogen) atoms. The van der Waals surface area contributed by atoms with Crippen LogP contribution in [0.1, 0.15) is 56.6 Å². The Morgan fingerprint density at radius 3 is 2.61 bits per heavy atom. The molecule has 1 heterocycles. The number of rotatable bonds is 6. The van der Waals surface area contributed by atoms with Gasteiger partial charge in [-0.05, 0) is 50.3 Å². The van der Waals surface area contributed by atoms with Crippen molar-refractivity contribution < 1.29 is 23.5 Å². The highest BCUT2D eigenvalue weighted by Gasteiger charge is 2.24. The summed E-state index contributed by atoms with van der Waals surface area (Å²) in [5.41, 5.74) is 1.42. The maximum atomic E-state index is 12.6. The van der Waals surface area contributed by atoms with Gasteiger partial charge in [-0.15, -0.1) is 0 Å². The van der Waals surface area contributed by atoms with Crippen LogP contribution in [0.4, 0.5) is 0 Å². The lowest BCUT2D eigenvalue weighted by atomic mass is 9.89. The van der Waals surface area contributed by atoms with Crippen LogP contribution < -0.4 is 10.4 Å². The number of benzene rings is 1. The summed E-state index contributed by atoms with van der Waals surface area (Å²) in [4.78, 5) is 36.1. The summed E-state index contributed by atoms with van der Waals surface area (Å²) in [5.74, 6) is -0.317. The molecule has 150 valence electrons. The summed E-state index contributed by atoms with van der Waals surface area (Å²) in [6, 6.07) is 4.84. The zero-order valence-corrected chi connectivity index (χ0v) is 16.4. The molecule has 1 aliphatic rings. The molecule has 0 spiro atoms. The van der Waals surface area contributed by atoms with Crippen LogP contribution in [-0.4, -0.2) is 18.5 Å². The number of hydrogen-bond acceptors (Lipinski definition) is 6. The summed E-state index contributed by atoms with van der Waals surface area (Å²) < 4.78 is 16.0. The topological polar surface area (TPSA) is 82.8 Å². The van der Waals surface area contributed by atoms with Gasteiger partial charge in [0.1, 0.15) is 11.3 Å². The first kappa shape index (κ1) is 20.1. The largest absolute Gasteiger partial charge is 0.466 e. The Morgan fingerprint density at radius 2 is 1.89 bits per heavy atom. The first-order valence-corrected chi connectivity index (χ1v) is 9.92. The van der Waals surface area contributed by atoms with Gasteiger partial charge in [0.2, 0.25) is 0 Å². The van der Waals surface area contributed by atoms with Crippen molar-refractivity contribution in [3.63, 3.8) is 0 Å². The third-order valence-electron chi connectivity index (χ3n) is 5.19. The second-order valence-electron chi connectivity index (χ2n) is 7.27. The summed E-state index contributed by atoms with van der Waals surface area (Å²) in [6.45, 7) is 3.91. The van der Waals surface area contributed by atoms with Gasteiger partial charge in [-0.25, -0.2) is 4.79 Å². The molecule has 1 fully saturated rings. The fraction of sp³-hybridized carbons (Fsp3) is 0.500. The van der Waals surface area contributed by atoms with Gasteiger partial charge in [-0.2, -0.15) is 0 Å². The molecular formula is C22H26O6. The first-order valence-electron chi connectivity index (χ1n) is 9.92. The second kappa shape index (κ2) is 9.04. The number of hydrogen-bond donors (Lipinski definition) is 0. The number of esters is 2. The van der Waals surface area contributed by atoms with E-state index < -0.39 is 5.63 Å². The third-order valence-corrected chi connectivity index (χ3v) is 5.19. The van der Waals surface area contributed by atoms with Gasteiger partial charge >= 0.3 is 17.6 Å². The Morgan fingerprint density at radius 1 is 1.14 bits per heavy atom. The molecule has 0 saturated heterocycles. The van der Waals surface area contributed by atoms with Crippen LogP contribution >= 0.6 is 0 Å². The molecule has 0 atom stereocenters. The number of aryl methyl sites for hydroxylation is 2. The summed E-state index contributed by atoms with van der Waals surface area (Å²) >= 11 is 0. The van der Waals surface area contributed by atoms with Crippen LogP contribution in [0.3, 0.4) is 0 Å². The van der Waals surface area contributed by atoms with E-state index in [0.717, 1.165) is 48.6 Å². The maximum absolute atomic E-state index is 12.6. The van der Waals surface area contributed by atoms with E-state index in [9.17, 15) is 14.4 Å². The predicted octanol–water partition coefficient (Wildman–Crippen LogP) is 4.08. The molecule has 1 saturated carbocycles. The Labute approximate surface area is 163 Å². The molecule has 6 heteroatoms. The number of ether oxygens (including phenoxy) is 2. The Hall–Kier alpha value is -2.63. The van der Waals surface area contributed by atoms with Crippen molar-refractivity contribution in [3.05, 3.63) is 39.7 Å². The van der Waals surface area contributed by atoms with Crippen molar-refractivity contribution in [2.45, 2.75) is 58.8 Å². The van der Waals surface area contributed by atoms with Crippen LogP contribution in [-0.2, 0) is 20.7 Å². The van der Waals surface area contributed by atoms with E-state index in [1.165, 1.54) is 6.07 Å². The molecule has 0 amide bonds. The van der Waals surface area contributed by atoms with E-state index in [1.54, 1.807) is 13.0 Å². The van der Waals surface area contributed by atoms with Crippen molar-refractivity contribution in [1.29, 1.82) is 0 Å². The minimum atomic E-state index is -0.450. The average Bonchev–Trinajstić information content (AvgIpc) is 2.67. The molecule has 0 bridgehead atoms. The monoisotopic (exact) mass is 386 g/mol. The second-order valence-corrected chi connectivity index (χ2v) is 7.27. The molecule has 1 aromatic heterocycles. The Bertz CT molecular complexity index is 921. The molecule has 0 unspecified atom stereocenters. The van der Waals surface area contributed by atoms with Crippen molar-refractivity contribution in [3.8, 4) is 5.75 Å². The molecule has 0 radical (unpaired) electrons. The van der Waals surface area contributed by atoms with Gasteiger partial charge in [0.25, 0.3) is 0 Å². The van der Waals surface area contributed by atoms with Crippen LogP contribution in [0.5, 0.6) is 5.75 Å². The van der Waals surface area contributed by atoms with Crippen LogP contribution in [0, 0.1) is 12.8 Å². The third kappa shape index (κ3) is 4.80. The van der Waals surface area contributed by atoms with Crippen molar-refractivity contribution in [2.75, 3.05) is 6.61 Å². The fourth-order valence-electron chi connectivity index (χ4n) is 3.68. The minimum absolute atomic E-state index is 0.105. The van der Waals surface area contributed by atoms with Crippen LogP contribution in [0.25, 0.3) is 11.0 Å². The highest BCUT2D eigenvalue weighted by Crippen LogP contribution is 2.31. The smallest absolute Gasteiger partial charge is 0.336 e. The zero-order chi connectivity index (χ0) is 20.1. The van der Waals surface area contributed by atoms with Gasteiger partial charge in [0, 0.05) is 23.9 Å². The highest BCUT2D eigenvalue weighted by atomic mass is 16.5. The quantitative estimate of drug-likeness (QED) is 0.423. The van der Waals surface area contributed by atoms with Crippen LogP contribution in [0.2, 0.25) is 0 Å². The summed E-state index contributed by atoms with van der Waals surface area (Å²) in [7, 11) is 0. The molecule has 3 rings (SSSR count). The minimum Gasteiger partial charge on any atom is -0.466 e. The molecule has 1 aliphatic carbocycles. The molecular weight excluding hydrogens is 360 g/mol. The summed E-state index contributed by atoms with van der Waals surface area (Å²) in [5, 5.41) is 0.760. The lowest BCUT2D eigenvalue weighted by molar-refractivity contribution is -0.143. The Balaban J connectivity index is 1.92. The van der Waals surface area contributed by atoms with E-state index in [2.05, 4.69) is 0 Å². The SMILES string of the molecule is CCOC(=O)CCc1cc2c(C)cc(=O)oc2cc1OC(=O)C1CCCCC1. The van der Waals surface area contributed by atoms with Gasteiger partial charge in [-0.1, -0.05) is 19.3 Å². The van der Waals surface area contributed by atoms with Gasteiger partial charge in [-0.3, -0.25) is 9.59 Å². The number of carbonyl (C=O) groups excluding carboxylic acids is 2. The standard InChI is InChI=1S/C22H26O6/c1-3-26-20(23)10-9-16-12-17-14(2)11-21(24)27-19(17)13-18(16)28-22(25)15-7-5-4-6-8-15/h11-13,15H,3-10H2,1-2H3. The fourth-order valence-corrected chi connectivity index (χ4v) is 3.68. The van der Waals surface area contributed by atoms with Gasteiger partial charge < -0.3 is 13.9 Å². The maximum Gasteiger partial charge on any atom is 0.336 e. The lowest BCUT2D eigenvalue weighted by Gasteiger charge is -2.20. The predicted molar refractivity (Wildman–Crippen MR) is 104 cm³/mol. The molecule has 0 N–H and O–H groups in total. The van der Waals surface area contributed by atoms with Crippen molar-refractivity contribution in [2.24, 2.45) is 5.92 Å². The molecule has 2 aromatic rings. The molecule has 0 aliphatic heterocycles. The van der Waals surface area contributed by atoms with Gasteiger partial charge in [0.05, 0.1) is 12.5 Å². The highest BCUT2D eigenvalue weighted by molar-refractivity contribution is 5.84. The van der Waals surface area contributed by atoms with Crippen LogP contribution in [0.15, 0.2) is 27.4 Å². The van der Waals surface area contributed by atoms with E-state index >= 15 is 0 Å². The first-order chi connectivity index (χ1) is 13.5. The Kier molecular flexibility index (Phi) is 6.49. The van der Waals surface area contributed by atoms with E-state index in [-0.39, 0.29) is 24.3 Å². The van der Waals surface area contributed by atoms with Gasteiger partial charge in [0.15, 0.2) is 0 Å². The normalized spacial score (nSPS) is 14.8. The lowest BCUT2D eigenvalue weighted by Crippen LogP contribution is -2.23. The number of carbonyl (C=O) groups is 2. The van der Waals surface area contributed by atoms with E-state index in [1.807, 2.05) is 13.0 Å². The average molecular weight is 386 g/mol. The molecule has 1 aromatic carbocycles. The van der Waals surface area contributed by atoms with E-state index in [0.29, 0.717) is 24.4 Å². The van der Waals surface area contributed by atoms with E-state index in [4.69, 9.17) is 13.9 Å². The molecule has 6 nitrogen and oxygen atoms in total.